The van der Waals surface area contributed by atoms with Gasteiger partial charge in [-0.3, -0.25) is 14.2 Å². The molecule has 2 heterocycles. The summed E-state index contributed by atoms with van der Waals surface area (Å²) in [5, 5.41) is 10.9. The number of halogens is 1. The summed E-state index contributed by atoms with van der Waals surface area (Å²) in [6.45, 7) is 7.01. The molecule has 0 spiro atoms. The van der Waals surface area contributed by atoms with Gasteiger partial charge < -0.3 is 19.1 Å². The van der Waals surface area contributed by atoms with Crippen LogP contribution in [-0.4, -0.2) is 42.7 Å². The number of benzene rings is 4. The SMILES string of the molecule is CCN(CC)C(=O)C1=C(C)N=c2s/c(=C\c3cc(Br)c(OCc4ccc(C#N)cc4)c(OC)c3)c(=O)n2[C@H]1c1c(OC)ccc2ccccc12. The molecule has 4 aromatic carbocycles. The highest BCUT2D eigenvalue weighted by molar-refractivity contribution is 9.10. The molecule has 0 saturated heterocycles. The first-order valence-corrected chi connectivity index (χ1v) is 17.7. The van der Waals surface area contributed by atoms with Crippen LogP contribution >= 0.6 is 27.3 Å². The van der Waals surface area contributed by atoms with Crippen molar-refractivity contribution in [2.24, 2.45) is 4.99 Å². The molecule has 1 atom stereocenters. The Balaban J connectivity index is 1.49. The Kier molecular flexibility index (Phi) is 10.2. The standard InChI is InChI=1S/C39H35BrN4O5S/c1-6-43(7-2)38(46)33-23(3)42-39-44(35(33)34-28-11-9-8-10-27(28)16-17-30(34)47-4)37(45)32(50-39)20-26-18-29(40)36(31(19-26)48-5)49-22-25-14-12-24(21-41)13-15-25/h8-20,35H,6-7,22H2,1-5H3/b32-20-/t35-/m1/s1. The van der Waals surface area contributed by atoms with Crippen LogP contribution < -0.4 is 29.1 Å². The monoisotopic (exact) mass is 750 g/mol. The van der Waals surface area contributed by atoms with E-state index in [1.54, 1.807) is 41.9 Å². The van der Waals surface area contributed by atoms with Crippen molar-refractivity contribution in [1.82, 2.24) is 9.47 Å². The molecule has 0 bridgehead atoms. The molecule has 6 rings (SSSR count). The predicted molar refractivity (Wildman–Crippen MR) is 198 cm³/mol. The lowest BCUT2D eigenvalue weighted by molar-refractivity contribution is -0.127. The van der Waals surface area contributed by atoms with E-state index in [1.165, 1.54) is 11.3 Å². The Morgan fingerprint density at radius 3 is 2.44 bits per heavy atom. The average molecular weight is 752 g/mol. The zero-order valence-corrected chi connectivity index (χ0v) is 30.7. The normalized spacial score (nSPS) is 14.2. The minimum absolute atomic E-state index is 0.171. The van der Waals surface area contributed by atoms with E-state index in [0.717, 1.165) is 21.9 Å². The Hall–Kier alpha value is -5.18. The highest BCUT2D eigenvalue weighted by Gasteiger charge is 2.36. The second-order valence-corrected chi connectivity index (χ2v) is 13.5. The number of nitriles is 1. The maximum absolute atomic E-state index is 14.5. The van der Waals surface area contributed by atoms with Gasteiger partial charge in [0, 0.05) is 18.7 Å². The van der Waals surface area contributed by atoms with Crippen LogP contribution in [0.3, 0.4) is 0 Å². The number of fused-ring (bicyclic) bond motifs is 2. The summed E-state index contributed by atoms with van der Waals surface area (Å²) >= 11 is 4.90. The fraction of sp³-hybridized carbons (Fsp3) is 0.231. The van der Waals surface area contributed by atoms with Gasteiger partial charge >= 0.3 is 0 Å². The summed E-state index contributed by atoms with van der Waals surface area (Å²) in [6, 6.07) is 24.0. The van der Waals surface area contributed by atoms with E-state index in [-0.39, 0.29) is 18.1 Å². The van der Waals surface area contributed by atoms with Crippen molar-refractivity contribution in [2.75, 3.05) is 27.3 Å². The third-order valence-electron chi connectivity index (χ3n) is 8.74. The van der Waals surface area contributed by atoms with Crippen LogP contribution in [0.25, 0.3) is 16.8 Å². The molecule has 1 aromatic heterocycles. The molecule has 50 heavy (non-hydrogen) atoms. The Bertz CT molecular complexity index is 2370. The van der Waals surface area contributed by atoms with Gasteiger partial charge in [-0.2, -0.15) is 5.26 Å². The van der Waals surface area contributed by atoms with Crippen LogP contribution in [0, 0.1) is 11.3 Å². The van der Waals surface area contributed by atoms with E-state index in [2.05, 4.69) is 22.0 Å². The highest BCUT2D eigenvalue weighted by atomic mass is 79.9. The van der Waals surface area contributed by atoms with Crippen molar-refractivity contribution in [1.29, 1.82) is 5.26 Å². The maximum Gasteiger partial charge on any atom is 0.271 e. The molecule has 11 heteroatoms. The minimum Gasteiger partial charge on any atom is -0.496 e. The van der Waals surface area contributed by atoms with Gasteiger partial charge in [0.1, 0.15) is 18.4 Å². The lowest BCUT2D eigenvalue weighted by Crippen LogP contribution is -2.43. The number of allylic oxidation sites excluding steroid dienone is 1. The second kappa shape index (κ2) is 14.7. The summed E-state index contributed by atoms with van der Waals surface area (Å²) in [5.74, 6) is 1.39. The highest BCUT2D eigenvalue weighted by Crippen LogP contribution is 2.41. The van der Waals surface area contributed by atoms with E-state index in [4.69, 9.17) is 24.5 Å². The molecule has 0 radical (unpaired) electrons. The number of nitrogens with zero attached hydrogens (tertiary/aromatic N) is 4. The zero-order valence-electron chi connectivity index (χ0n) is 28.3. The van der Waals surface area contributed by atoms with Crippen LogP contribution in [0.5, 0.6) is 17.2 Å². The van der Waals surface area contributed by atoms with Gasteiger partial charge in [-0.15, -0.1) is 0 Å². The number of carbonyl (C=O) groups is 1. The number of likely N-dealkylation sites (N-methyl/N-ethyl adjacent to an activating group) is 1. The molecule has 1 amide bonds. The molecule has 0 unspecified atom stereocenters. The molecule has 9 nitrogen and oxygen atoms in total. The van der Waals surface area contributed by atoms with Gasteiger partial charge in [0.2, 0.25) is 0 Å². The lowest BCUT2D eigenvalue weighted by Gasteiger charge is -2.30. The van der Waals surface area contributed by atoms with Gasteiger partial charge in [-0.05, 0) is 95.0 Å². The van der Waals surface area contributed by atoms with Gasteiger partial charge in [-0.25, -0.2) is 4.99 Å². The molecule has 254 valence electrons. The molecule has 0 fully saturated rings. The molecular weight excluding hydrogens is 716 g/mol. The fourth-order valence-corrected chi connectivity index (χ4v) is 7.85. The summed E-state index contributed by atoms with van der Waals surface area (Å²) in [5.41, 5.74) is 3.64. The Morgan fingerprint density at radius 1 is 1.04 bits per heavy atom. The van der Waals surface area contributed by atoms with Crippen molar-refractivity contribution in [3.63, 3.8) is 0 Å². The first-order valence-electron chi connectivity index (χ1n) is 16.1. The van der Waals surface area contributed by atoms with Gasteiger partial charge in [0.15, 0.2) is 16.3 Å². The quantitative estimate of drug-likeness (QED) is 0.162. The van der Waals surface area contributed by atoms with Crippen molar-refractivity contribution in [2.45, 2.75) is 33.4 Å². The fourth-order valence-electron chi connectivity index (χ4n) is 6.23. The minimum atomic E-state index is -0.776. The van der Waals surface area contributed by atoms with Crippen LogP contribution in [-0.2, 0) is 11.4 Å². The Morgan fingerprint density at radius 2 is 1.76 bits per heavy atom. The summed E-state index contributed by atoms with van der Waals surface area (Å²) in [4.78, 5) is 35.9. The largest absolute Gasteiger partial charge is 0.496 e. The number of amides is 1. The van der Waals surface area contributed by atoms with Crippen molar-refractivity contribution >= 4 is 50.0 Å². The summed E-state index contributed by atoms with van der Waals surface area (Å²) in [6.07, 6.45) is 1.80. The maximum atomic E-state index is 14.5. The van der Waals surface area contributed by atoms with Crippen LogP contribution in [0.4, 0.5) is 0 Å². The smallest absolute Gasteiger partial charge is 0.271 e. The number of hydrogen-bond donors (Lipinski definition) is 0. The molecule has 0 aliphatic carbocycles. The third kappa shape index (κ3) is 6.44. The van der Waals surface area contributed by atoms with Crippen LogP contribution in [0.1, 0.15) is 49.1 Å². The number of methoxy groups -OCH3 is 2. The third-order valence-corrected chi connectivity index (χ3v) is 10.3. The first-order chi connectivity index (χ1) is 24.2. The van der Waals surface area contributed by atoms with E-state index in [1.807, 2.05) is 81.4 Å². The van der Waals surface area contributed by atoms with E-state index < -0.39 is 6.04 Å². The van der Waals surface area contributed by atoms with Crippen molar-refractivity contribution < 1.29 is 19.0 Å². The number of carbonyl (C=O) groups excluding carboxylic acids is 1. The number of rotatable bonds is 10. The zero-order chi connectivity index (χ0) is 35.5. The Labute approximate surface area is 302 Å². The van der Waals surface area contributed by atoms with E-state index in [0.29, 0.717) is 66.5 Å². The number of aromatic nitrogens is 1. The molecular formula is C39H35BrN4O5S. The van der Waals surface area contributed by atoms with Gasteiger partial charge in [0.25, 0.3) is 11.5 Å². The van der Waals surface area contributed by atoms with E-state index in [9.17, 15) is 9.59 Å². The lowest BCUT2D eigenvalue weighted by atomic mass is 9.90. The predicted octanol–water partition coefficient (Wildman–Crippen LogP) is 6.49. The molecule has 0 N–H and O–H groups in total. The number of thiazole rings is 1. The van der Waals surface area contributed by atoms with Crippen molar-refractivity contribution in [3.8, 4) is 23.3 Å². The van der Waals surface area contributed by atoms with E-state index >= 15 is 0 Å². The van der Waals surface area contributed by atoms with Gasteiger partial charge in [0.05, 0.1) is 46.1 Å². The number of hydrogen-bond acceptors (Lipinski definition) is 8. The topological polar surface area (TPSA) is 106 Å². The molecule has 5 aromatic rings. The van der Waals surface area contributed by atoms with Crippen LogP contribution in [0.2, 0.25) is 0 Å². The summed E-state index contributed by atoms with van der Waals surface area (Å²) in [7, 11) is 3.16. The van der Waals surface area contributed by atoms with Gasteiger partial charge in [-0.1, -0.05) is 53.8 Å². The van der Waals surface area contributed by atoms with Crippen LogP contribution in [0.15, 0.2) is 98.3 Å². The van der Waals surface area contributed by atoms with Crippen molar-refractivity contribution in [3.05, 3.63) is 130 Å². The first kappa shape index (κ1) is 34.7. The molecule has 0 saturated carbocycles. The summed E-state index contributed by atoms with van der Waals surface area (Å²) < 4.78 is 20.4. The second-order valence-electron chi connectivity index (χ2n) is 11.6. The molecule has 1 aliphatic heterocycles. The average Bonchev–Trinajstić information content (AvgIpc) is 3.43. The number of ether oxygens (including phenoxy) is 3. The molecule has 1 aliphatic rings.